The van der Waals surface area contributed by atoms with Crippen molar-refractivity contribution in [2.24, 2.45) is 5.92 Å². The number of unbranched alkanes of at least 4 members (excludes halogenated alkanes) is 1. The summed E-state index contributed by atoms with van der Waals surface area (Å²) in [6.45, 7) is 3.96. The molecular weight excluding hydrogens is 258 g/mol. The van der Waals surface area contributed by atoms with Gasteiger partial charge >= 0.3 is 5.97 Å². The average molecular weight is 279 g/mol. The minimum Gasteiger partial charge on any atom is -0.495 e. The van der Waals surface area contributed by atoms with Crippen LogP contribution in [0.1, 0.15) is 43.5 Å². The second kappa shape index (κ2) is 7.53. The molecule has 2 N–H and O–H groups in total. The third-order valence-corrected chi connectivity index (χ3v) is 3.14. The van der Waals surface area contributed by atoms with Crippen LogP contribution in [0.3, 0.4) is 0 Å². The summed E-state index contributed by atoms with van der Waals surface area (Å²) >= 11 is 0. The first-order valence-electron chi connectivity index (χ1n) is 6.71. The number of ether oxygens (including phenoxy) is 1. The van der Waals surface area contributed by atoms with E-state index >= 15 is 0 Å². The van der Waals surface area contributed by atoms with Gasteiger partial charge in [0.1, 0.15) is 5.75 Å². The van der Waals surface area contributed by atoms with Crippen LogP contribution in [0, 0.1) is 5.92 Å². The van der Waals surface area contributed by atoms with Gasteiger partial charge in [0.05, 0.1) is 18.4 Å². The molecule has 0 spiro atoms. The topological polar surface area (TPSA) is 75.6 Å². The van der Waals surface area contributed by atoms with Crippen molar-refractivity contribution in [2.75, 3.05) is 12.4 Å². The highest BCUT2D eigenvalue weighted by Crippen LogP contribution is 2.26. The second-order valence-corrected chi connectivity index (χ2v) is 4.75. The molecule has 0 saturated heterocycles. The highest BCUT2D eigenvalue weighted by molar-refractivity contribution is 5.95. The van der Waals surface area contributed by atoms with Crippen molar-refractivity contribution in [2.45, 2.75) is 33.1 Å². The Balaban J connectivity index is 2.81. The normalized spacial score (nSPS) is 11.8. The molecule has 0 aliphatic heterocycles. The summed E-state index contributed by atoms with van der Waals surface area (Å²) in [4.78, 5) is 22.9. The van der Waals surface area contributed by atoms with Gasteiger partial charge in [-0.2, -0.15) is 0 Å². The molecule has 1 aromatic rings. The lowest BCUT2D eigenvalue weighted by atomic mass is 10.0. The van der Waals surface area contributed by atoms with E-state index in [1.807, 2.05) is 6.92 Å². The molecule has 0 aromatic heterocycles. The molecule has 1 atom stereocenters. The zero-order valence-electron chi connectivity index (χ0n) is 12.1. The van der Waals surface area contributed by atoms with E-state index in [0.717, 1.165) is 19.3 Å². The van der Waals surface area contributed by atoms with Gasteiger partial charge in [-0.25, -0.2) is 4.79 Å². The number of carboxylic acid groups (broad SMARTS) is 1. The predicted molar refractivity (Wildman–Crippen MR) is 77.3 cm³/mol. The number of benzene rings is 1. The zero-order valence-corrected chi connectivity index (χ0v) is 12.1. The van der Waals surface area contributed by atoms with Crippen LogP contribution in [0.25, 0.3) is 0 Å². The first-order valence-corrected chi connectivity index (χ1v) is 6.71. The smallest absolute Gasteiger partial charge is 0.335 e. The number of hydrogen-bond acceptors (Lipinski definition) is 3. The molecule has 1 unspecified atom stereocenters. The second-order valence-electron chi connectivity index (χ2n) is 4.75. The summed E-state index contributed by atoms with van der Waals surface area (Å²) in [5.41, 5.74) is 0.615. The molecule has 0 radical (unpaired) electrons. The Hall–Kier alpha value is -2.04. The molecular formula is C15H21NO4. The number of carbonyl (C=O) groups is 2. The molecule has 0 fully saturated rings. The summed E-state index contributed by atoms with van der Waals surface area (Å²) in [6.07, 6.45) is 2.88. The van der Waals surface area contributed by atoms with Crippen molar-refractivity contribution in [3.63, 3.8) is 0 Å². The molecule has 1 rings (SSSR count). The van der Waals surface area contributed by atoms with Crippen LogP contribution < -0.4 is 10.1 Å². The van der Waals surface area contributed by atoms with Crippen molar-refractivity contribution < 1.29 is 19.4 Å². The van der Waals surface area contributed by atoms with E-state index in [0.29, 0.717) is 11.4 Å². The van der Waals surface area contributed by atoms with Gasteiger partial charge in [-0.15, -0.1) is 0 Å². The molecule has 1 amide bonds. The van der Waals surface area contributed by atoms with Crippen molar-refractivity contribution in [1.29, 1.82) is 0 Å². The number of aromatic carboxylic acids is 1. The molecule has 5 nitrogen and oxygen atoms in total. The summed E-state index contributed by atoms with van der Waals surface area (Å²) in [7, 11) is 1.44. The number of methoxy groups -OCH3 is 1. The summed E-state index contributed by atoms with van der Waals surface area (Å²) < 4.78 is 5.12. The molecule has 0 saturated carbocycles. The Bertz CT molecular complexity index is 485. The van der Waals surface area contributed by atoms with E-state index in [9.17, 15) is 9.59 Å². The van der Waals surface area contributed by atoms with Crippen LogP contribution in [0.4, 0.5) is 5.69 Å². The Morgan fingerprint density at radius 2 is 2.10 bits per heavy atom. The van der Waals surface area contributed by atoms with Crippen LogP contribution in [0.15, 0.2) is 18.2 Å². The first kappa shape index (κ1) is 16.0. The van der Waals surface area contributed by atoms with Crippen LogP contribution in [0.5, 0.6) is 5.75 Å². The Morgan fingerprint density at radius 1 is 1.40 bits per heavy atom. The highest BCUT2D eigenvalue weighted by Gasteiger charge is 2.15. The first-order chi connectivity index (χ1) is 9.49. The van der Waals surface area contributed by atoms with Crippen LogP contribution in [-0.4, -0.2) is 24.1 Å². The van der Waals surface area contributed by atoms with Gasteiger partial charge in [0, 0.05) is 5.92 Å². The lowest BCUT2D eigenvalue weighted by Gasteiger charge is -2.14. The van der Waals surface area contributed by atoms with Crippen molar-refractivity contribution in [3.05, 3.63) is 23.8 Å². The molecule has 0 bridgehead atoms. The van der Waals surface area contributed by atoms with Gasteiger partial charge in [0.25, 0.3) is 0 Å². The molecule has 0 heterocycles. The summed E-state index contributed by atoms with van der Waals surface area (Å²) in [5.74, 6) is -0.850. The minimum atomic E-state index is -1.03. The number of carbonyl (C=O) groups excluding carboxylic acids is 1. The lowest BCUT2D eigenvalue weighted by Crippen LogP contribution is -2.20. The number of rotatable bonds is 7. The van der Waals surface area contributed by atoms with Gasteiger partial charge in [-0.1, -0.05) is 26.7 Å². The number of amides is 1. The largest absolute Gasteiger partial charge is 0.495 e. The Kier molecular flexibility index (Phi) is 6.03. The molecule has 1 aromatic carbocycles. The fourth-order valence-electron chi connectivity index (χ4n) is 1.82. The Labute approximate surface area is 118 Å². The van der Waals surface area contributed by atoms with Gasteiger partial charge in [0.2, 0.25) is 5.91 Å². The average Bonchev–Trinajstić information content (AvgIpc) is 2.44. The maximum atomic E-state index is 12.0. The van der Waals surface area contributed by atoms with Crippen molar-refractivity contribution in [1.82, 2.24) is 0 Å². The van der Waals surface area contributed by atoms with Crippen LogP contribution in [-0.2, 0) is 4.79 Å². The van der Waals surface area contributed by atoms with Crippen molar-refractivity contribution in [3.8, 4) is 5.75 Å². The quantitative estimate of drug-likeness (QED) is 0.804. The lowest BCUT2D eigenvalue weighted by molar-refractivity contribution is -0.119. The third kappa shape index (κ3) is 4.26. The number of nitrogens with one attached hydrogen (secondary N) is 1. The Morgan fingerprint density at radius 3 is 2.65 bits per heavy atom. The van der Waals surface area contributed by atoms with E-state index in [1.165, 1.54) is 19.2 Å². The van der Waals surface area contributed by atoms with Gasteiger partial charge in [-0.05, 0) is 24.6 Å². The highest BCUT2D eigenvalue weighted by atomic mass is 16.5. The number of carboxylic acids is 1. The number of hydrogen-bond donors (Lipinski definition) is 2. The summed E-state index contributed by atoms with van der Waals surface area (Å²) in [5, 5.41) is 11.7. The molecule has 110 valence electrons. The molecule has 20 heavy (non-hydrogen) atoms. The molecule has 0 aliphatic carbocycles. The maximum Gasteiger partial charge on any atom is 0.335 e. The SMILES string of the molecule is CCCCC(C)C(=O)Nc1ccc(C(=O)O)cc1OC. The molecule has 0 aliphatic rings. The van der Waals surface area contributed by atoms with E-state index in [4.69, 9.17) is 9.84 Å². The minimum absolute atomic E-state index is 0.0835. The van der Waals surface area contributed by atoms with E-state index in [-0.39, 0.29) is 17.4 Å². The fraction of sp³-hybridized carbons (Fsp3) is 0.467. The third-order valence-electron chi connectivity index (χ3n) is 3.14. The van der Waals surface area contributed by atoms with Gasteiger partial charge in [-0.3, -0.25) is 4.79 Å². The number of anilines is 1. The predicted octanol–water partition coefficient (Wildman–Crippen LogP) is 3.16. The molecule has 5 heteroatoms. The van der Waals surface area contributed by atoms with Crippen LogP contribution >= 0.6 is 0 Å². The van der Waals surface area contributed by atoms with Gasteiger partial charge in [0.15, 0.2) is 0 Å². The standard InChI is InChI=1S/C15H21NO4/c1-4-5-6-10(2)14(17)16-12-8-7-11(15(18)19)9-13(12)20-3/h7-10H,4-6H2,1-3H3,(H,16,17)(H,18,19). The summed E-state index contributed by atoms with van der Waals surface area (Å²) in [6, 6.07) is 4.39. The monoisotopic (exact) mass is 279 g/mol. The van der Waals surface area contributed by atoms with E-state index in [1.54, 1.807) is 6.07 Å². The zero-order chi connectivity index (χ0) is 15.1. The van der Waals surface area contributed by atoms with Crippen molar-refractivity contribution >= 4 is 17.6 Å². The van der Waals surface area contributed by atoms with Gasteiger partial charge < -0.3 is 15.2 Å². The van der Waals surface area contributed by atoms with E-state index < -0.39 is 5.97 Å². The van der Waals surface area contributed by atoms with Crippen LogP contribution in [0.2, 0.25) is 0 Å². The maximum absolute atomic E-state index is 12.0. The van der Waals surface area contributed by atoms with E-state index in [2.05, 4.69) is 12.2 Å². The fourth-order valence-corrected chi connectivity index (χ4v) is 1.82.